The molecule has 1 aromatic heterocycles. The van der Waals surface area contributed by atoms with Crippen molar-refractivity contribution < 1.29 is 9.18 Å². The number of hydrogen-bond acceptors (Lipinski definition) is 2. The molecule has 0 saturated carbocycles. The summed E-state index contributed by atoms with van der Waals surface area (Å²) in [5, 5.41) is 0.241. The van der Waals surface area contributed by atoms with Gasteiger partial charge in [0.15, 0.2) is 5.78 Å². The maximum absolute atomic E-state index is 13.1. The number of rotatable bonds is 2. The molecule has 6 heteroatoms. The van der Waals surface area contributed by atoms with E-state index in [2.05, 4.69) is 31.9 Å². The average Bonchev–Trinajstić information content (AvgIpc) is 2.60. The molecule has 0 radical (unpaired) electrons. The highest BCUT2D eigenvalue weighted by atomic mass is 79.9. The Morgan fingerprint density at radius 3 is 2.53 bits per heavy atom. The Hall–Kier alpha value is -0.230. The Morgan fingerprint density at radius 2 is 1.94 bits per heavy atom. The Balaban J connectivity index is 2.50. The molecule has 1 nitrogen and oxygen atoms in total. The summed E-state index contributed by atoms with van der Waals surface area (Å²) in [4.78, 5) is 12.2. The number of hydrogen-bond donors (Lipinski definition) is 0. The van der Waals surface area contributed by atoms with E-state index in [9.17, 15) is 9.18 Å². The summed E-state index contributed by atoms with van der Waals surface area (Å²) in [6.45, 7) is 0. The fourth-order valence-corrected chi connectivity index (χ4v) is 4.31. The fourth-order valence-electron chi connectivity index (χ4n) is 1.31. The predicted molar refractivity (Wildman–Crippen MR) is 74.6 cm³/mol. The van der Waals surface area contributed by atoms with E-state index in [-0.39, 0.29) is 16.4 Å². The van der Waals surface area contributed by atoms with E-state index in [0.717, 1.165) is 9.85 Å². The molecule has 1 heterocycles. The van der Waals surface area contributed by atoms with Gasteiger partial charge < -0.3 is 0 Å². The molecule has 0 amide bonds. The van der Waals surface area contributed by atoms with Gasteiger partial charge in [-0.25, -0.2) is 4.39 Å². The molecule has 0 bridgehead atoms. The number of benzene rings is 1. The molecule has 17 heavy (non-hydrogen) atoms. The van der Waals surface area contributed by atoms with Crippen molar-refractivity contribution in [3.8, 4) is 0 Å². The minimum atomic E-state index is -0.483. The van der Waals surface area contributed by atoms with Gasteiger partial charge in [0.2, 0.25) is 0 Å². The lowest BCUT2D eigenvalue weighted by molar-refractivity contribution is 0.103. The van der Waals surface area contributed by atoms with Crippen molar-refractivity contribution in [3.05, 3.63) is 53.8 Å². The van der Waals surface area contributed by atoms with Gasteiger partial charge in [0.05, 0.1) is 12.6 Å². The molecule has 2 aromatic rings. The summed E-state index contributed by atoms with van der Waals surface area (Å²) in [5.41, 5.74) is 0.632. The molecule has 0 spiro atoms. The predicted octanol–water partition coefficient (Wildman–Crippen LogP) is 5.30. The molecule has 0 aliphatic heterocycles. The van der Waals surface area contributed by atoms with Crippen LogP contribution >= 0.6 is 54.8 Å². The van der Waals surface area contributed by atoms with Crippen LogP contribution in [0.25, 0.3) is 0 Å². The van der Waals surface area contributed by atoms with Gasteiger partial charge in [-0.05, 0) is 56.1 Å². The summed E-state index contributed by atoms with van der Waals surface area (Å²) in [7, 11) is 0. The molecule has 1 aromatic carbocycles. The summed E-state index contributed by atoms with van der Waals surface area (Å²) in [6.07, 6.45) is 0. The largest absolute Gasteiger partial charge is 0.288 e. The monoisotopic (exact) mass is 396 g/mol. The zero-order valence-corrected chi connectivity index (χ0v) is 12.9. The smallest absolute Gasteiger partial charge is 0.196 e. The molecule has 0 aliphatic rings. The highest BCUT2D eigenvalue weighted by Crippen LogP contribution is 2.34. The maximum Gasteiger partial charge on any atom is 0.196 e. The van der Waals surface area contributed by atoms with Crippen LogP contribution < -0.4 is 0 Å². The van der Waals surface area contributed by atoms with Gasteiger partial charge in [-0.15, -0.1) is 11.3 Å². The molecule has 0 N–H and O–H groups in total. The maximum atomic E-state index is 13.1. The summed E-state index contributed by atoms with van der Waals surface area (Å²) < 4.78 is 14.6. The standard InChI is InChI=1S/C11H4Br2ClFOS/c12-9-4-7(11(13)17-9)10(16)6-3-5(15)1-2-8(6)14/h1-4H. The highest BCUT2D eigenvalue weighted by Gasteiger charge is 2.18. The van der Waals surface area contributed by atoms with Crippen molar-refractivity contribution in [2.75, 3.05) is 0 Å². The van der Waals surface area contributed by atoms with Crippen molar-refractivity contribution in [1.29, 1.82) is 0 Å². The second kappa shape index (κ2) is 5.18. The number of carbonyl (C=O) groups excluding carboxylic acids is 1. The van der Waals surface area contributed by atoms with Gasteiger partial charge >= 0.3 is 0 Å². The molecule has 88 valence electrons. The Morgan fingerprint density at radius 1 is 1.24 bits per heavy atom. The third-order valence-electron chi connectivity index (χ3n) is 2.07. The normalized spacial score (nSPS) is 10.6. The van der Waals surface area contributed by atoms with Crippen LogP contribution in [0.1, 0.15) is 15.9 Å². The van der Waals surface area contributed by atoms with Crippen molar-refractivity contribution in [1.82, 2.24) is 0 Å². The first kappa shape index (κ1) is 13.2. The van der Waals surface area contributed by atoms with E-state index < -0.39 is 5.82 Å². The highest BCUT2D eigenvalue weighted by molar-refractivity contribution is 9.12. The average molecular weight is 398 g/mol. The third-order valence-corrected chi connectivity index (χ3v) is 4.74. The van der Waals surface area contributed by atoms with E-state index in [1.165, 1.54) is 23.5 Å². The zero-order valence-electron chi connectivity index (χ0n) is 8.14. The van der Waals surface area contributed by atoms with E-state index >= 15 is 0 Å². The van der Waals surface area contributed by atoms with Crippen LogP contribution in [-0.4, -0.2) is 5.78 Å². The third kappa shape index (κ3) is 2.78. The van der Waals surface area contributed by atoms with Crippen LogP contribution in [0.15, 0.2) is 31.8 Å². The minimum absolute atomic E-state index is 0.165. The molecule has 2 rings (SSSR count). The van der Waals surface area contributed by atoms with E-state index in [4.69, 9.17) is 11.6 Å². The van der Waals surface area contributed by atoms with E-state index in [0.29, 0.717) is 9.35 Å². The fraction of sp³-hybridized carbons (Fsp3) is 0. The van der Waals surface area contributed by atoms with Crippen molar-refractivity contribution in [2.45, 2.75) is 0 Å². The van der Waals surface area contributed by atoms with Crippen LogP contribution in [-0.2, 0) is 0 Å². The number of carbonyl (C=O) groups is 1. The quantitative estimate of drug-likeness (QED) is 0.628. The van der Waals surface area contributed by atoms with Crippen molar-refractivity contribution in [2.24, 2.45) is 0 Å². The zero-order chi connectivity index (χ0) is 12.6. The molecule has 0 atom stereocenters. The summed E-state index contributed by atoms with van der Waals surface area (Å²) in [6, 6.07) is 5.41. The minimum Gasteiger partial charge on any atom is -0.288 e. The van der Waals surface area contributed by atoms with Crippen LogP contribution in [0.3, 0.4) is 0 Å². The van der Waals surface area contributed by atoms with Crippen molar-refractivity contribution in [3.63, 3.8) is 0 Å². The number of thiophene rings is 1. The van der Waals surface area contributed by atoms with Gasteiger partial charge in [0.1, 0.15) is 5.82 Å². The molecule has 0 saturated heterocycles. The van der Waals surface area contributed by atoms with Gasteiger partial charge in [0, 0.05) is 11.1 Å². The molecule has 0 unspecified atom stereocenters. The van der Waals surface area contributed by atoms with E-state index in [1.54, 1.807) is 6.07 Å². The lowest BCUT2D eigenvalue weighted by Gasteiger charge is -2.02. The van der Waals surface area contributed by atoms with Crippen molar-refractivity contribution >= 4 is 60.6 Å². The lowest BCUT2D eigenvalue weighted by atomic mass is 10.1. The first-order valence-corrected chi connectivity index (χ1v) is 7.21. The second-order valence-electron chi connectivity index (χ2n) is 3.19. The van der Waals surface area contributed by atoms with Gasteiger partial charge in [-0.1, -0.05) is 11.6 Å². The van der Waals surface area contributed by atoms with Gasteiger partial charge in [-0.3, -0.25) is 4.79 Å². The SMILES string of the molecule is O=C(c1cc(F)ccc1Cl)c1cc(Br)sc1Br. The number of halogens is 4. The molecule has 0 aliphatic carbocycles. The number of ketones is 1. The van der Waals surface area contributed by atoms with E-state index in [1.807, 2.05) is 0 Å². The van der Waals surface area contributed by atoms with Crippen LogP contribution in [0.4, 0.5) is 4.39 Å². The Kier molecular flexibility index (Phi) is 4.02. The summed E-state index contributed by atoms with van der Waals surface area (Å²) >= 11 is 13.8. The Labute approximate surface area is 123 Å². The second-order valence-corrected chi connectivity index (χ2v) is 7.35. The van der Waals surface area contributed by atoms with Gasteiger partial charge in [-0.2, -0.15) is 0 Å². The molecule has 0 fully saturated rings. The molecular weight excluding hydrogens is 394 g/mol. The summed E-state index contributed by atoms with van der Waals surface area (Å²) in [5.74, 6) is -0.786. The first-order chi connectivity index (χ1) is 7.99. The lowest BCUT2D eigenvalue weighted by Crippen LogP contribution is -2.02. The van der Waals surface area contributed by atoms with Crippen LogP contribution in [0, 0.1) is 5.82 Å². The first-order valence-electron chi connectivity index (χ1n) is 4.43. The molecular formula is C11H4Br2ClFOS. The van der Waals surface area contributed by atoms with Crippen LogP contribution in [0.5, 0.6) is 0 Å². The van der Waals surface area contributed by atoms with Crippen LogP contribution in [0.2, 0.25) is 5.02 Å². The van der Waals surface area contributed by atoms with Gasteiger partial charge in [0.25, 0.3) is 0 Å². The Bertz CT molecular complexity index is 597. The topological polar surface area (TPSA) is 17.1 Å².